The van der Waals surface area contributed by atoms with E-state index in [0.29, 0.717) is 14.8 Å². The van der Waals surface area contributed by atoms with Crippen LogP contribution < -0.4 is 20.5 Å². The van der Waals surface area contributed by atoms with Gasteiger partial charge in [-0.25, -0.2) is 4.79 Å². The van der Waals surface area contributed by atoms with E-state index in [1.165, 1.54) is 11.7 Å². The number of halogens is 2. The molecule has 2 aromatic carbocycles. The van der Waals surface area contributed by atoms with Gasteiger partial charge < -0.3 is 10.5 Å². The van der Waals surface area contributed by atoms with Crippen LogP contribution in [0.15, 0.2) is 67.8 Å². The van der Waals surface area contributed by atoms with Crippen molar-refractivity contribution in [3.8, 4) is 6.07 Å². The third-order valence-corrected chi connectivity index (χ3v) is 7.10. The second-order valence-corrected chi connectivity index (χ2v) is 9.78. The first-order valence-corrected chi connectivity index (χ1v) is 11.7. The fourth-order valence-electron chi connectivity index (χ4n) is 3.62. The van der Waals surface area contributed by atoms with E-state index in [2.05, 4.69) is 37.9 Å². The van der Waals surface area contributed by atoms with Crippen LogP contribution in [-0.2, 0) is 9.53 Å². The second-order valence-electron chi connectivity index (χ2n) is 6.92. The number of aromatic nitrogens is 1. The van der Waals surface area contributed by atoms with Crippen molar-refractivity contribution in [3.05, 3.63) is 93.7 Å². The Morgan fingerprint density at radius 1 is 1.22 bits per heavy atom. The molecule has 0 spiro atoms. The quantitative estimate of drug-likeness (QED) is 0.486. The van der Waals surface area contributed by atoms with Crippen LogP contribution in [0.4, 0.5) is 0 Å². The number of thiazole rings is 1. The summed E-state index contributed by atoms with van der Waals surface area (Å²) in [4.78, 5) is 26.2. The Labute approximate surface area is 203 Å². The number of carbonyl (C=O) groups excluding carboxylic acids is 1. The number of methoxy groups -OCH3 is 1. The molecule has 0 bridgehead atoms. The van der Waals surface area contributed by atoms with Crippen molar-refractivity contribution >= 4 is 66.6 Å². The van der Waals surface area contributed by atoms with Gasteiger partial charge in [0.05, 0.1) is 34.8 Å². The standard InChI is InChI=1S/C23H15Br2N3O3S/c1-31-23(30)19-18(13-5-3-7-15(25)10-13)16(11-26)20(27)28-21(29)17(32-22(19)28)9-12-4-2-6-14(24)8-12/h2-10,18H,27H2,1H3/b17-9+/t18-/m1/s1. The van der Waals surface area contributed by atoms with E-state index >= 15 is 0 Å². The minimum absolute atomic E-state index is 0.00951. The van der Waals surface area contributed by atoms with E-state index in [9.17, 15) is 14.9 Å². The normalized spacial score (nSPS) is 16.0. The largest absolute Gasteiger partial charge is 0.466 e. The first-order valence-electron chi connectivity index (χ1n) is 9.33. The highest BCUT2D eigenvalue weighted by Gasteiger charge is 2.36. The van der Waals surface area contributed by atoms with Crippen LogP contribution in [0.25, 0.3) is 17.5 Å². The van der Waals surface area contributed by atoms with Gasteiger partial charge in [0, 0.05) is 8.95 Å². The summed E-state index contributed by atoms with van der Waals surface area (Å²) < 4.78 is 8.68. The van der Waals surface area contributed by atoms with Crippen LogP contribution in [0.1, 0.15) is 17.0 Å². The fourth-order valence-corrected chi connectivity index (χ4v) is 5.62. The fraction of sp³-hybridized carbons (Fsp3) is 0.0870. The van der Waals surface area contributed by atoms with E-state index in [-0.39, 0.29) is 17.0 Å². The maximum atomic E-state index is 13.3. The molecule has 0 saturated heterocycles. The molecule has 1 aliphatic heterocycles. The van der Waals surface area contributed by atoms with Gasteiger partial charge in [-0.05, 0) is 41.5 Å². The molecule has 0 aliphatic carbocycles. The van der Waals surface area contributed by atoms with Crippen molar-refractivity contribution in [2.75, 3.05) is 7.11 Å². The van der Waals surface area contributed by atoms with Gasteiger partial charge in [0.15, 0.2) is 0 Å². The lowest BCUT2D eigenvalue weighted by molar-refractivity contribution is -0.134. The highest BCUT2D eigenvalue weighted by atomic mass is 79.9. The molecule has 32 heavy (non-hydrogen) atoms. The summed E-state index contributed by atoms with van der Waals surface area (Å²) in [5.74, 6) is -1.38. The van der Waals surface area contributed by atoms with E-state index in [1.807, 2.05) is 42.5 Å². The van der Waals surface area contributed by atoms with Crippen LogP contribution in [0.5, 0.6) is 0 Å². The molecule has 3 aromatic rings. The molecular weight excluding hydrogens is 558 g/mol. The van der Waals surface area contributed by atoms with Crippen molar-refractivity contribution < 1.29 is 9.53 Å². The SMILES string of the molecule is COC(=O)C1=c2s/c(=C/c3cccc(Br)c3)c(=O)n2C(N)=C(C#N)[C@H]1c1cccc(Br)c1. The van der Waals surface area contributed by atoms with Gasteiger partial charge in [0.1, 0.15) is 10.5 Å². The van der Waals surface area contributed by atoms with Crippen LogP contribution in [0.2, 0.25) is 0 Å². The molecule has 0 radical (unpaired) electrons. The summed E-state index contributed by atoms with van der Waals surface area (Å²) >= 11 is 8.00. The monoisotopic (exact) mass is 571 g/mol. The number of esters is 1. The van der Waals surface area contributed by atoms with Crippen molar-refractivity contribution in [1.29, 1.82) is 5.26 Å². The number of allylic oxidation sites excluding steroid dienone is 1. The maximum absolute atomic E-state index is 13.3. The average Bonchev–Trinajstić information content (AvgIpc) is 3.09. The molecule has 160 valence electrons. The number of hydrogen-bond acceptors (Lipinski definition) is 6. The Balaban J connectivity index is 2.11. The summed E-state index contributed by atoms with van der Waals surface area (Å²) in [6.07, 6.45) is 1.73. The Bertz CT molecular complexity index is 1510. The Kier molecular flexibility index (Phi) is 6.20. The van der Waals surface area contributed by atoms with Crippen molar-refractivity contribution in [2.24, 2.45) is 5.73 Å². The summed E-state index contributed by atoms with van der Waals surface area (Å²) in [5.41, 5.74) is 7.74. The summed E-state index contributed by atoms with van der Waals surface area (Å²) in [5, 5.41) is 9.93. The summed E-state index contributed by atoms with van der Waals surface area (Å²) in [6.45, 7) is 0. The van der Waals surface area contributed by atoms with E-state index < -0.39 is 17.4 Å². The molecule has 1 aromatic heterocycles. The van der Waals surface area contributed by atoms with Crippen molar-refractivity contribution in [1.82, 2.24) is 4.57 Å². The predicted octanol–water partition coefficient (Wildman–Crippen LogP) is 3.04. The lowest BCUT2D eigenvalue weighted by Crippen LogP contribution is -2.40. The predicted molar refractivity (Wildman–Crippen MR) is 131 cm³/mol. The molecular formula is C23H15Br2N3O3S. The number of fused-ring (bicyclic) bond motifs is 1. The van der Waals surface area contributed by atoms with Crippen LogP contribution in [-0.4, -0.2) is 17.6 Å². The first-order chi connectivity index (χ1) is 15.3. The van der Waals surface area contributed by atoms with Gasteiger partial charge in [-0.15, -0.1) is 11.3 Å². The minimum atomic E-state index is -0.762. The molecule has 0 amide bonds. The number of hydrogen-bond donors (Lipinski definition) is 1. The highest BCUT2D eigenvalue weighted by Crippen LogP contribution is 2.37. The third kappa shape index (κ3) is 3.86. The average molecular weight is 573 g/mol. The number of nitriles is 1. The van der Waals surface area contributed by atoms with Gasteiger partial charge in [-0.1, -0.05) is 56.1 Å². The molecule has 9 heteroatoms. The molecule has 4 rings (SSSR count). The molecule has 0 unspecified atom stereocenters. The number of nitrogens with zero attached hydrogens (tertiary/aromatic N) is 2. The maximum Gasteiger partial charge on any atom is 0.337 e. The van der Waals surface area contributed by atoms with Gasteiger partial charge in [0.2, 0.25) is 0 Å². The smallest absolute Gasteiger partial charge is 0.337 e. The number of ether oxygens (including phenoxy) is 1. The van der Waals surface area contributed by atoms with Crippen molar-refractivity contribution in [2.45, 2.75) is 5.92 Å². The molecule has 2 heterocycles. The molecule has 0 saturated carbocycles. The topological polar surface area (TPSA) is 98.1 Å². The lowest BCUT2D eigenvalue weighted by Gasteiger charge is -2.24. The molecule has 1 atom stereocenters. The third-order valence-electron chi connectivity index (χ3n) is 5.00. The zero-order valence-electron chi connectivity index (χ0n) is 16.6. The molecule has 6 nitrogen and oxygen atoms in total. The lowest BCUT2D eigenvalue weighted by atomic mass is 9.84. The first kappa shape index (κ1) is 22.3. The summed E-state index contributed by atoms with van der Waals surface area (Å²) in [6, 6.07) is 16.9. The molecule has 0 fully saturated rings. The van der Waals surface area contributed by atoms with Gasteiger partial charge in [-0.2, -0.15) is 5.26 Å². The van der Waals surface area contributed by atoms with Crippen LogP contribution in [0, 0.1) is 11.3 Å². The van der Waals surface area contributed by atoms with Gasteiger partial charge in [-0.3, -0.25) is 9.36 Å². The van der Waals surface area contributed by atoms with E-state index in [1.54, 1.807) is 12.1 Å². The van der Waals surface area contributed by atoms with E-state index in [0.717, 1.165) is 25.8 Å². The zero-order valence-corrected chi connectivity index (χ0v) is 20.6. The molecule has 2 N–H and O–H groups in total. The molecule has 1 aliphatic rings. The summed E-state index contributed by atoms with van der Waals surface area (Å²) in [7, 11) is 1.27. The number of nitrogens with two attached hydrogens (primary N) is 1. The van der Waals surface area contributed by atoms with Crippen LogP contribution in [0.3, 0.4) is 0 Å². The minimum Gasteiger partial charge on any atom is -0.466 e. The zero-order chi connectivity index (χ0) is 23.0. The number of rotatable bonds is 3. The number of benzene rings is 2. The second kappa shape index (κ2) is 8.90. The Morgan fingerprint density at radius 2 is 1.91 bits per heavy atom. The number of carbonyl (C=O) groups is 1. The Hall–Kier alpha value is -2.93. The Morgan fingerprint density at radius 3 is 2.53 bits per heavy atom. The van der Waals surface area contributed by atoms with Gasteiger partial charge >= 0.3 is 5.97 Å². The van der Waals surface area contributed by atoms with E-state index in [4.69, 9.17) is 10.5 Å². The highest BCUT2D eigenvalue weighted by molar-refractivity contribution is 9.10. The van der Waals surface area contributed by atoms with Crippen LogP contribution >= 0.6 is 43.2 Å². The van der Waals surface area contributed by atoms with Crippen molar-refractivity contribution in [3.63, 3.8) is 0 Å². The van der Waals surface area contributed by atoms with Gasteiger partial charge in [0.25, 0.3) is 5.56 Å².